The Bertz CT molecular complexity index is 520. The molecule has 5 heteroatoms. The summed E-state index contributed by atoms with van der Waals surface area (Å²) in [4.78, 5) is 14.9. The zero-order chi connectivity index (χ0) is 14.8. The van der Waals surface area contributed by atoms with Gasteiger partial charge in [-0.05, 0) is 19.4 Å². The highest BCUT2D eigenvalue weighted by molar-refractivity contribution is 5.85. The van der Waals surface area contributed by atoms with E-state index >= 15 is 0 Å². The van der Waals surface area contributed by atoms with Gasteiger partial charge in [0.15, 0.2) is 0 Å². The molecule has 3 unspecified atom stereocenters. The number of nitrogens with two attached hydrogens (primary N) is 1. The zero-order valence-electron chi connectivity index (χ0n) is 12.3. The first-order valence-corrected chi connectivity index (χ1v) is 7.54. The van der Waals surface area contributed by atoms with Crippen LogP contribution in [0.25, 0.3) is 0 Å². The summed E-state index contributed by atoms with van der Waals surface area (Å²) in [7, 11) is 0. The second-order valence-corrected chi connectivity index (χ2v) is 5.76. The second-order valence-electron chi connectivity index (χ2n) is 5.76. The number of ether oxygens (including phenoxy) is 2. The van der Waals surface area contributed by atoms with Gasteiger partial charge in [-0.2, -0.15) is 0 Å². The molecule has 0 spiro atoms. The number of hydrogen-bond acceptors (Lipinski definition) is 4. The van der Waals surface area contributed by atoms with Gasteiger partial charge in [0.05, 0.1) is 31.3 Å². The van der Waals surface area contributed by atoms with E-state index in [1.54, 1.807) is 0 Å². The SMILES string of the molecule is CC1COC(CN)CN1C(=O)C1CCOc2ccccc21. The number of carbonyl (C=O) groups excluding carboxylic acids is 1. The quantitative estimate of drug-likeness (QED) is 0.886. The van der Waals surface area contributed by atoms with Gasteiger partial charge in [0, 0.05) is 18.7 Å². The third kappa shape index (κ3) is 2.76. The summed E-state index contributed by atoms with van der Waals surface area (Å²) < 4.78 is 11.3. The second kappa shape index (κ2) is 6.03. The Kier molecular flexibility index (Phi) is 4.12. The van der Waals surface area contributed by atoms with Crippen LogP contribution in [0, 0.1) is 0 Å². The number of fused-ring (bicyclic) bond motifs is 1. The predicted molar refractivity (Wildman–Crippen MR) is 79.3 cm³/mol. The minimum atomic E-state index is -0.117. The van der Waals surface area contributed by atoms with E-state index in [9.17, 15) is 4.79 Å². The summed E-state index contributed by atoms with van der Waals surface area (Å²) in [6.07, 6.45) is 0.674. The van der Waals surface area contributed by atoms with E-state index in [-0.39, 0.29) is 24.0 Å². The van der Waals surface area contributed by atoms with Crippen LogP contribution >= 0.6 is 0 Å². The van der Waals surface area contributed by atoms with E-state index in [0.29, 0.717) is 26.3 Å². The Labute approximate surface area is 125 Å². The summed E-state index contributed by atoms with van der Waals surface area (Å²) in [5.74, 6) is 0.882. The first-order chi connectivity index (χ1) is 10.2. The molecule has 5 nitrogen and oxygen atoms in total. The van der Waals surface area contributed by atoms with E-state index in [2.05, 4.69) is 0 Å². The van der Waals surface area contributed by atoms with Crippen molar-refractivity contribution in [2.75, 3.05) is 26.3 Å². The largest absolute Gasteiger partial charge is 0.493 e. The first-order valence-electron chi connectivity index (χ1n) is 7.54. The maximum Gasteiger partial charge on any atom is 0.230 e. The molecular weight excluding hydrogens is 268 g/mol. The van der Waals surface area contributed by atoms with Gasteiger partial charge in [0.25, 0.3) is 0 Å². The molecule has 1 fully saturated rings. The normalized spacial score (nSPS) is 28.7. The Balaban J connectivity index is 1.82. The summed E-state index contributed by atoms with van der Waals surface area (Å²) in [5.41, 5.74) is 6.68. The number of para-hydroxylation sites is 1. The number of amides is 1. The number of nitrogens with zero attached hydrogens (tertiary/aromatic N) is 1. The van der Waals surface area contributed by atoms with E-state index in [0.717, 1.165) is 17.7 Å². The van der Waals surface area contributed by atoms with E-state index in [4.69, 9.17) is 15.2 Å². The highest BCUT2D eigenvalue weighted by atomic mass is 16.5. The summed E-state index contributed by atoms with van der Waals surface area (Å²) in [6, 6.07) is 7.91. The van der Waals surface area contributed by atoms with Crippen LogP contribution < -0.4 is 10.5 Å². The fourth-order valence-corrected chi connectivity index (χ4v) is 3.07. The Hall–Kier alpha value is -1.59. The number of morpholine rings is 1. The van der Waals surface area contributed by atoms with Crippen molar-refractivity contribution in [2.24, 2.45) is 5.73 Å². The molecule has 21 heavy (non-hydrogen) atoms. The first kappa shape index (κ1) is 14.4. The molecular formula is C16H22N2O3. The average molecular weight is 290 g/mol. The standard InChI is InChI=1S/C16H22N2O3/c1-11-10-21-12(8-17)9-18(11)16(19)14-6-7-20-15-5-3-2-4-13(14)15/h2-5,11-12,14H,6-10,17H2,1H3. The number of rotatable bonds is 2. The number of benzene rings is 1. The van der Waals surface area contributed by atoms with Crippen LogP contribution in [0.3, 0.4) is 0 Å². The van der Waals surface area contributed by atoms with Crippen molar-refractivity contribution in [3.8, 4) is 5.75 Å². The van der Waals surface area contributed by atoms with Crippen molar-refractivity contribution in [3.63, 3.8) is 0 Å². The third-order valence-electron chi connectivity index (χ3n) is 4.31. The van der Waals surface area contributed by atoms with Crippen LogP contribution in [0.4, 0.5) is 0 Å². The van der Waals surface area contributed by atoms with Crippen LogP contribution in [-0.4, -0.2) is 49.3 Å². The monoisotopic (exact) mass is 290 g/mol. The molecule has 3 atom stereocenters. The Morgan fingerprint density at radius 1 is 1.43 bits per heavy atom. The van der Waals surface area contributed by atoms with Gasteiger partial charge in [0.1, 0.15) is 5.75 Å². The predicted octanol–water partition coefficient (Wildman–Crippen LogP) is 1.13. The van der Waals surface area contributed by atoms with Crippen molar-refractivity contribution in [1.29, 1.82) is 0 Å². The topological polar surface area (TPSA) is 64.8 Å². The van der Waals surface area contributed by atoms with Crippen molar-refractivity contribution in [3.05, 3.63) is 29.8 Å². The van der Waals surface area contributed by atoms with Crippen LogP contribution in [0.5, 0.6) is 5.75 Å². The molecule has 0 aliphatic carbocycles. The fraction of sp³-hybridized carbons (Fsp3) is 0.562. The number of hydrogen-bond donors (Lipinski definition) is 1. The summed E-state index contributed by atoms with van der Waals surface area (Å²) in [5, 5.41) is 0. The summed E-state index contributed by atoms with van der Waals surface area (Å²) in [6.45, 7) is 4.19. The molecule has 1 aromatic rings. The lowest BCUT2D eigenvalue weighted by Gasteiger charge is -2.40. The van der Waals surface area contributed by atoms with Gasteiger partial charge in [-0.25, -0.2) is 0 Å². The molecule has 2 aliphatic rings. The maximum atomic E-state index is 13.0. The molecule has 0 radical (unpaired) electrons. The van der Waals surface area contributed by atoms with Gasteiger partial charge < -0.3 is 20.1 Å². The lowest BCUT2D eigenvalue weighted by Crippen LogP contribution is -2.54. The molecule has 1 amide bonds. The van der Waals surface area contributed by atoms with E-state index in [1.165, 1.54) is 0 Å². The minimum Gasteiger partial charge on any atom is -0.493 e. The molecule has 0 saturated carbocycles. The number of carbonyl (C=O) groups is 1. The molecule has 2 heterocycles. The third-order valence-corrected chi connectivity index (χ3v) is 4.31. The van der Waals surface area contributed by atoms with Crippen LogP contribution in [0.1, 0.15) is 24.8 Å². The maximum absolute atomic E-state index is 13.0. The lowest BCUT2D eigenvalue weighted by molar-refractivity contribution is -0.145. The van der Waals surface area contributed by atoms with Gasteiger partial charge in [-0.15, -0.1) is 0 Å². The van der Waals surface area contributed by atoms with Crippen molar-refractivity contribution in [2.45, 2.75) is 31.4 Å². The molecule has 2 N–H and O–H groups in total. The zero-order valence-corrected chi connectivity index (χ0v) is 12.3. The molecule has 3 rings (SSSR count). The van der Waals surface area contributed by atoms with Crippen LogP contribution in [0.15, 0.2) is 24.3 Å². The fourth-order valence-electron chi connectivity index (χ4n) is 3.07. The minimum absolute atomic E-state index is 0.0553. The molecule has 0 bridgehead atoms. The molecule has 2 aliphatic heterocycles. The van der Waals surface area contributed by atoms with Crippen molar-refractivity contribution in [1.82, 2.24) is 4.90 Å². The van der Waals surface area contributed by atoms with Gasteiger partial charge >= 0.3 is 0 Å². The van der Waals surface area contributed by atoms with Crippen molar-refractivity contribution >= 4 is 5.91 Å². The molecule has 1 aromatic carbocycles. The summed E-state index contributed by atoms with van der Waals surface area (Å²) >= 11 is 0. The highest BCUT2D eigenvalue weighted by Gasteiger charge is 2.36. The highest BCUT2D eigenvalue weighted by Crippen LogP contribution is 2.35. The average Bonchev–Trinajstić information content (AvgIpc) is 2.54. The molecule has 1 saturated heterocycles. The Morgan fingerprint density at radius 3 is 3.05 bits per heavy atom. The van der Waals surface area contributed by atoms with E-state index < -0.39 is 0 Å². The molecule has 114 valence electrons. The van der Waals surface area contributed by atoms with Crippen LogP contribution in [0.2, 0.25) is 0 Å². The smallest absolute Gasteiger partial charge is 0.230 e. The van der Waals surface area contributed by atoms with Crippen molar-refractivity contribution < 1.29 is 14.3 Å². The van der Waals surface area contributed by atoms with Gasteiger partial charge in [0.2, 0.25) is 5.91 Å². The van der Waals surface area contributed by atoms with E-state index in [1.807, 2.05) is 36.1 Å². The Morgan fingerprint density at radius 2 is 2.24 bits per heavy atom. The lowest BCUT2D eigenvalue weighted by atomic mass is 9.91. The van der Waals surface area contributed by atoms with Crippen LogP contribution in [-0.2, 0) is 9.53 Å². The van der Waals surface area contributed by atoms with Gasteiger partial charge in [-0.3, -0.25) is 4.79 Å². The van der Waals surface area contributed by atoms with Gasteiger partial charge in [-0.1, -0.05) is 18.2 Å². The molecule has 0 aromatic heterocycles.